The third-order valence-corrected chi connectivity index (χ3v) is 9.73. The highest BCUT2D eigenvalue weighted by Crippen LogP contribution is 2.63. The molecule has 200 valence electrons. The number of benzene rings is 2. The van der Waals surface area contributed by atoms with Gasteiger partial charge in [0.15, 0.2) is 5.82 Å². The average molecular weight is 508 g/mol. The molecule has 0 saturated carbocycles. The van der Waals surface area contributed by atoms with Crippen LogP contribution in [0.15, 0.2) is 67.4 Å². The molecular formula is C35H45N3. The zero-order valence-electron chi connectivity index (χ0n) is 24.5. The van der Waals surface area contributed by atoms with Crippen molar-refractivity contribution in [1.82, 2.24) is 4.98 Å². The number of unbranched alkanes of at least 4 members (excludes halogenated alkanes) is 1. The summed E-state index contributed by atoms with van der Waals surface area (Å²) < 4.78 is 0. The van der Waals surface area contributed by atoms with Gasteiger partial charge in [-0.05, 0) is 92.5 Å². The Bertz CT molecular complexity index is 1340. The monoisotopic (exact) mass is 507 g/mol. The quantitative estimate of drug-likeness (QED) is 0.283. The molecular weight excluding hydrogens is 462 g/mol. The molecule has 0 radical (unpaired) electrons. The fraction of sp³-hybridized carbons (Fsp3) is 0.457. The minimum atomic E-state index is -0.148. The molecule has 2 aliphatic heterocycles. The highest BCUT2D eigenvalue weighted by molar-refractivity contribution is 5.87. The second-order valence-corrected chi connectivity index (χ2v) is 11.9. The van der Waals surface area contributed by atoms with Crippen LogP contribution < -0.4 is 9.80 Å². The van der Waals surface area contributed by atoms with E-state index in [1.54, 1.807) is 0 Å². The maximum absolute atomic E-state index is 4.99. The van der Waals surface area contributed by atoms with Gasteiger partial charge in [0.2, 0.25) is 0 Å². The second-order valence-electron chi connectivity index (χ2n) is 11.9. The summed E-state index contributed by atoms with van der Waals surface area (Å²) in [5.41, 5.74) is 9.05. The molecule has 0 saturated heterocycles. The number of hydrogen-bond donors (Lipinski definition) is 0. The number of hydrogen-bond acceptors (Lipinski definition) is 3. The summed E-state index contributed by atoms with van der Waals surface area (Å²) in [6, 6.07) is 18.9. The van der Waals surface area contributed by atoms with Crippen LogP contribution in [0.4, 0.5) is 17.2 Å². The van der Waals surface area contributed by atoms with Gasteiger partial charge in [-0.25, -0.2) is 4.98 Å². The van der Waals surface area contributed by atoms with Crippen molar-refractivity contribution in [2.45, 2.75) is 98.2 Å². The lowest BCUT2D eigenvalue weighted by atomic mass is 9.54. The normalized spacial score (nSPS) is 23.8. The van der Waals surface area contributed by atoms with Crippen molar-refractivity contribution in [3.63, 3.8) is 0 Å². The van der Waals surface area contributed by atoms with Crippen LogP contribution >= 0.6 is 0 Å². The Morgan fingerprint density at radius 1 is 1.03 bits per heavy atom. The molecule has 0 aliphatic carbocycles. The second kappa shape index (κ2) is 9.91. The number of anilines is 3. The van der Waals surface area contributed by atoms with Gasteiger partial charge in [0.05, 0.1) is 5.69 Å². The van der Waals surface area contributed by atoms with Crippen LogP contribution in [0.5, 0.6) is 0 Å². The van der Waals surface area contributed by atoms with E-state index in [0.29, 0.717) is 6.04 Å². The lowest BCUT2D eigenvalue weighted by molar-refractivity contribution is 0.112. The molecule has 3 nitrogen and oxygen atoms in total. The van der Waals surface area contributed by atoms with Gasteiger partial charge in [0.1, 0.15) is 6.17 Å². The van der Waals surface area contributed by atoms with Crippen molar-refractivity contribution in [1.29, 1.82) is 0 Å². The van der Waals surface area contributed by atoms with E-state index in [2.05, 4.69) is 119 Å². The summed E-state index contributed by atoms with van der Waals surface area (Å²) in [4.78, 5) is 10.2. The van der Waals surface area contributed by atoms with Gasteiger partial charge in [-0.15, -0.1) is 6.58 Å². The van der Waals surface area contributed by atoms with Crippen molar-refractivity contribution in [3.8, 4) is 11.1 Å². The maximum atomic E-state index is 4.99. The summed E-state index contributed by atoms with van der Waals surface area (Å²) in [6.45, 7) is 20.8. The number of pyridine rings is 1. The predicted octanol–water partition coefficient (Wildman–Crippen LogP) is 9.36. The van der Waals surface area contributed by atoms with Gasteiger partial charge in [-0.1, -0.05) is 70.5 Å². The largest absolute Gasteiger partial charge is 0.345 e. The van der Waals surface area contributed by atoms with E-state index in [9.17, 15) is 0 Å². The van der Waals surface area contributed by atoms with E-state index in [-0.39, 0.29) is 17.0 Å². The fourth-order valence-electron chi connectivity index (χ4n) is 7.53. The van der Waals surface area contributed by atoms with Crippen LogP contribution in [0.1, 0.15) is 83.9 Å². The molecule has 0 amide bonds. The Balaban J connectivity index is 1.76. The lowest BCUT2D eigenvalue weighted by Gasteiger charge is -2.59. The van der Waals surface area contributed by atoms with Crippen molar-refractivity contribution >= 4 is 17.2 Å². The van der Waals surface area contributed by atoms with Crippen LogP contribution in [0.3, 0.4) is 0 Å². The molecule has 0 fully saturated rings. The van der Waals surface area contributed by atoms with E-state index in [1.165, 1.54) is 52.0 Å². The Kier molecular flexibility index (Phi) is 6.92. The molecule has 3 aromatic rings. The third kappa shape index (κ3) is 3.65. The number of rotatable bonds is 8. The van der Waals surface area contributed by atoms with Gasteiger partial charge in [0, 0.05) is 28.8 Å². The molecule has 2 aliphatic rings. The van der Waals surface area contributed by atoms with Gasteiger partial charge < -0.3 is 9.80 Å². The molecule has 1 aromatic heterocycles. The molecule has 2 aromatic carbocycles. The first-order chi connectivity index (χ1) is 18.3. The van der Waals surface area contributed by atoms with Crippen molar-refractivity contribution in [3.05, 3.63) is 84.1 Å². The van der Waals surface area contributed by atoms with Gasteiger partial charge >= 0.3 is 0 Å². The van der Waals surface area contributed by atoms with E-state index in [0.717, 1.165) is 25.1 Å². The van der Waals surface area contributed by atoms with Gasteiger partial charge in [0.25, 0.3) is 0 Å². The first-order valence-electron chi connectivity index (χ1n) is 14.7. The van der Waals surface area contributed by atoms with E-state index in [4.69, 9.17) is 4.98 Å². The molecule has 5 rings (SSSR count). The summed E-state index contributed by atoms with van der Waals surface area (Å²) in [5, 5.41) is 0. The highest BCUT2D eigenvalue weighted by atomic mass is 15.5. The van der Waals surface area contributed by atoms with Gasteiger partial charge in [-0.3, -0.25) is 0 Å². The van der Waals surface area contributed by atoms with Crippen molar-refractivity contribution in [2.24, 2.45) is 5.41 Å². The highest BCUT2D eigenvalue weighted by Gasteiger charge is 2.61. The number of aryl methyl sites for hydroxylation is 2. The summed E-state index contributed by atoms with van der Waals surface area (Å²) in [5.74, 6) is 1.07. The zero-order chi connectivity index (χ0) is 27.2. The molecule has 3 atom stereocenters. The van der Waals surface area contributed by atoms with Crippen LogP contribution in [-0.2, 0) is 11.8 Å². The van der Waals surface area contributed by atoms with Gasteiger partial charge in [-0.2, -0.15) is 0 Å². The fourth-order valence-corrected chi connectivity index (χ4v) is 7.53. The average Bonchev–Trinajstić information content (AvgIpc) is 3.29. The Hall–Kier alpha value is -3.07. The minimum absolute atomic E-state index is 0.0557. The number of allylic oxidation sites excluding steroid dienone is 1. The Morgan fingerprint density at radius 2 is 1.82 bits per heavy atom. The topological polar surface area (TPSA) is 19.4 Å². The Morgan fingerprint density at radius 3 is 2.45 bits per heavy atom. The van der Waals surface area contributed by atoms with Crippen molar-refractivity contribution < 1.29 is 0 Å². The molecule has 0 bridgehead atoms. The predicted molar refractivity (Wildman–Crippen MR) is 164 cm³/mol. The standard InChI is InChI=1S/C35H45N3/c1-9-13-15-26-17-19-28(25(7)22-26)27-18-20-29-31(23-27)38-32-30(16-14-21-36-32)37(24(5)6)33(38)34(8,10-2)35(29,11-3)12-4/h11,14,16-24,33H,3,9-10,12-13,15H2,1-2,4-8H3. The number of nitrogens with zero attached hydrogens (tertiary/aromatic N) is 3. The third-order valence-electron chi connectivity index (χ3n) is 9.73. The van der Waals surface area contributed by atoms with Crippen LogP contribution in [0.2, 0.25) is 0 Å². The van der Waals surface area contributed by atoms with Crippen LogP contribution in [0, 0.1) is 12.3 Å². The molecule has 3 heterocycles. The first-order valence-corrected chi connectivity index (χ1v) is 14.7. The van der Waals surface area contributed by atoms with Crippen LogP contribution in [0.25, 0.3) is 11.1 Å². The number of aromatic nitrogens is 1. The first kappa shape index (κ1) is 26.5. The summed E-state index contributed by atoms with van der Waals surface area (Å²) >= 11 is 0. The minimum Gasteiger partial charge on any atom is -0.345 e. The van der Waals surface area contributed by atoms with E-state index < -0.39 is 0 Å². The molecule has 3 unspecified atom stereocenters. The van der Waals surface area contributed by atoms with E-state index >= 15 is 0 Å². The maximum Gasteiger partial charge on any atom is 0.158 e. The summed E-state index contributed by atoms with van der Waals surface area (Å²) in [6.07, 6.45) is 10.0. The van der Waals surface area contributed by atoms with Crippen molar-refractivity contribution in [2.75, 3.05) is 9.80 Å². The lowest BCUT2D eigenvalue weighted by Crippen LogP contribution is -2.64. The van der Waals surface area contributed by atoms with Crippen LogP contribution in [-0.4, -0.2) is 17.2 Å². The molecule has 0 N–H and O–H groups in total. The van der Waals surface area contributed by atoms with E-state index in [1.807, 2.05) is 6.20 Å². The molecule has 38 heavy (non-hydrogen) atoms. The smallest absolute Gasteiger partial charge is 0.158 e. The zero-order valence-corrected chi connectivity index (χ0v) is 24.5. The summed E-state index contributed by atoms with van der Waals surface area (Å²) in [7, 11) is 0. The molecule has 0 spiro atoms. The Labute approximate surface area is 230 Å². The SMILES string of the molecule is C=CC1(CC)c2ccc(-c3ccc(CCCC)cc3C)cc2N2c3ncccc3N(C(C)C)C2C1(C)CC. The molecule has 3 heteroatoms. The number of fused-ring (bicyclic) bond motifs is 5.